The van der Waals surface area contributed by atoms with Crippen molar-refractivity contribution in [1.82, 2.24) is 9.97 Å². The van der Waals surface area contributed by atoms with E-state index in [0.29, 0.717) is 18.5 Å². The average Bonchev–Trinajstić information content (AvgIpc) is 2.33. The van der Waals surface area contributed by atoms with Gasteiger partial charge in [0, 0.05) is 12.6 Å². The van der Waals surface area contributed by atoms with Gasteiger partial charge >= 0.3 is 0 Å². The number of nitrogens with one attached hydrogen (secondary N) is 2. The first-order valence-electron chi connectivity index (χ1n) is 5.58. The van der Waals surface area contributed by atoms with Crippen molar-refractivity contribution in [3.05, 3.63) is 52.1 Å². The highest BCUT2D eigenvalue weighted by molar-refractivity contribution is 5.58. The average molecular weight is 266 g/mol. The molecule has 1 aromatic carbocycles. The number of halogens is 2. The lowest BCUT2D eigenvalue weighted by Crippen LogP contribution is -2.17. The largest absolute Gasteiger partial charge is 0.391 e. The number of nitrogens with two attached hydrogens (primary N) is 1. The second-order valence-electron chi connectivity index (χ2n) is 3.95. The molecule has 7 heteroatoms. The molecule has 4 N–H and O–H groups in total. The van der Waals surface area contributed by atoms with Crippen molar-refractivity contribution in [2.45, 2.75) is 6.42 Å². The van der Waals surface area contributed by atoms with Gasteiger partial charge in [-0.25, -0.2) is 13.8 Å². The Kier molecular flexibility index (Phi) is 3.74. The van der Waals surface area contributed by atoms with Crippen molar-refractivity contribution in [1.29, 1.82) is 0 Å². The van der Waals surface area contributed by atoms with Gasteiger partial charge < -0.3 is 16.0 Å². The van der Waals surface area contributed by atoms with Crippen LogP contribution < -0.4 is 16.6 Å². The molecule has 0 spiro atoms. The van der Waals surface area contributed by atoms with E-state index in [2.05, 4.69) is 15.3 Å². The highest BCUT2D eigenvalue weighted by atomic mass is 19.1. The number of H-pyrrole nitrogens is 1. The molecule has 0 aliphatic rings. The highest BCUT2D eigenvalue weighted by Crippen LogP contribution is 2.10. The Balaban J connectivity index is 2.00. The lowest BCUT2D eigenvalue weighted by atomic mass is 10.1. The van der Waals surface area contributed by atoms with Crippen molar-refractivity contribution in [2.24, 2.45) is 0 Å². The normalized spacial score (nSPS) is 10.4. The van der Waals surface area contributed by atoms with Gasteiger partial charge in [-0.2, -0.15) is 0 Å². The Labute approximate surface area is 107 Å². The summed E-state index contributed by atoms with van der Waals surface area (Å²) >= 11 is 0. The number of nitrogens with zero attached hydrogens (tertiary/aromatic N) is 1. The van der Waals surface area contributed by atoms with Gasteiger partial charge in [-0.15, -0.1) is 0 Å². The molecule has 0 bridgehead atoms. The molecule has 0 unspecified atom stereocenters. The predicted molar refractivity (Wildman–Crippen MR) is 67.8 cm³/mol. The van der Waals surface area contributed by atoms with Crippen LogP contribution in [0.2, 0.25) is 0 Å². The van der Waals surface area contributed by atoms with Gasteiger partial charge in [0.05, 0.1) is 6.33 Å². The van der Waals surface area contributed by atoms with Crippen molar-refractivity contribution < 1.29 is 8.78 Å². The molecule has 0 radical (unpaired) electrons. The van der Waals surface area contributed by atoms with Crippen LogP contribution in [-0.2, 0) is 6.42 Å². The topological polar surface area (TPSA) is 83.8 Å². The summed E-state index contributed by atoms with van der Waals surface area (Å²) in [5, 5.41) is 2.84. The van der Waals surface area contributed by atoms with Crippen molar-refractivity contribution in [3.8, 4) is 0 Å². The first kappa shape index (κ1) is 13.0. The molecular formula is C12H12F2N4O. The van der Waals surface area contributed by atoms with Crippen LogP contribution in [-0.4, -0.2) is 16.5 Å². The highest BCUT2D eigenvalue weighted by Gasteiger charge is 2.04. The van der Waals surface area contributed by atoms with Crippen LogP contribution in [0, 0.1) is 11.6 Å². The van der Waals surface area contributed by atoms with Crippen molar-refractivity contribution >= 4 is 11.5 Å². The Morgan fingerprint density at radius 1 is 1.26 bits per heavy atom. The van der Waals surface area contributed by atoms with Crippen LogP contribution in [0.5, 0.6) is 0 Å². The van der Waals surface area contributed by atoms with Gasteiger partial charge in [0.2, 0.25) is 0 Å². The molecule has 1 aromatic heterocycles. The van der Waals surface area contributed by atoms with Gasteiger partial charge in [-0.1, -0.05) is 0 Å². The molecule has 0 fully saturated rings. The fourth-order valence-electron chi connectivity index (χ4n) is 1.63. The molecule has 0 aliphatic heterocycles. The van der Waals surface area contributed by atoms with E-state index in [1.165, 1.54) is 18.5 Å². The van der Waals surface area contributed by atoms with Gasteiger partial charge in [0.25, 0.3) is 5.56 Å². The quantitative estimate of drug-likeness (QED) is 0.778. The van der Waals surface area contributed by atoms with Crippen LogP contribution in [0.25, 0.3) is 0 Å². The second kappa shape index (κ2) is 5.47. The first-order valence-corrected chi connectivity index (χ1v) is 5.58. The fraction of sp³-hybridized carbons (Fsp3) is 0.167. The number of rotatable bonds is 4. The Hall–Kier alpha value is -2.44. The first-order chi connectivity index (χ1) is 9.06. The maximum atomic E-state index is 13.0. The summed E-state index contributed by atoms with van der Waals surface area (Å²) in [6.45, 7) is 0.351. The third-order valence-electron chi connectivity index (χ3n) is 2.52. The van der Waals surface area contributed by atoms with Crippen molar-refractivity contribution in [2.75, 3.05) is 17.6 Å². The molecule has 0 aliphatic carbocycles. The van der Waals surface area contributed by atoms with E-state index in [-0.39, 0.29) is 11.5 Å². The minimum Gasteiger partial charge on any atom is -0.391 e. The molecule has 19 heavy (non-hydrogen) atoms. The molecule has 5 nitrogen and oxygen atoms in total. The fourth-order valence-corrected chi connectivity index (χ4v) is 1.63. The van der Waals surface area contributed by atoms with Crippen LogP contribution in [0.3, 0.4) is 0 Å². The standard InChI is InChI=1S/C12H12F2N4O/c13-8-3-7(4-9(14)5-8)1-2-16-11-10(15)12(19)18-6-17-11/h3-6H,1-2,15H2,(H2,16,17,18,19). The summed E-state index contributed by atoms with van der Waals surface area (Å²) in [6.07, 6.45) is 1.60. The van der Waals surface area contributed by atoms with Crippen LogP contribution >= 0.6 is 0 Å². The number of hydrogen-bond acceptors (Lipinski definition) is 4. The van der Waals surface area contributed by atoms with E-state index in [9.17, 15) is 13.6 Å². The lowest BCUT2D eigenvalue weighted by molar-refractivity contribution is 0.580. The number of benzene rings is 1. The third-order valence-corrected chi connectivity index (χ3v) is 2.52. The summed E-state index contributed by atoms with van der Waals surface area (Å²) in [4.78, 5) is 17.4. The van der Waals surface area contributed by atoms with E-state index in [1.807, 2.05) is 0 Å². The zero-order chi connectivity index (χ0) is 13.8. The lowest BCUT2D eigenvalue weighted by Gasteiger charge is -2.07. The smallest absolute Gasteiger partial charge is 0.276 e. The van der Waals surface area contributed by atoms with Crippen LogP contribution in [0.1, 0.15) is 5.56 Å². The van der Waals surface area contributed by atoms with Crippen molar-refractivity contribution in [3.63, 3.8) is 0 Å². The van der Waals surface area contributed by atoms with E-state index < -0.39 is 17.2 Å². The maximum Gasteiger partial charge on any atom is 0.276 e. The molecule has 1 heterocycles. The van der Waals surface area contributed by atoms with E-state index in [4.69, 9.17) is 5.73 Å². The molecule has 100 valence electrons. The molecular weight excluding hydrogens is 254 g/mol. The minimum absolute atomic E-state index is 0.0204. The Morgan fingerprint density at radius 2 is 1.95 bits per heavy atom. The predicted octanol–water partition coefficient (Wildman–Crippen LogP) is 1.28. The molecule has 2 rings (SSSR count). The van der Waals surface area contributed by atoms with Gasteiger partial charge in [0.1, 0.15) is 17.3 Å². The number of aromatic amines is 1. The number of anilines is 2. The maximum absolute atomic E-state index is 13.0. The van der Waals surface area contributed by atoms with Gasteiger partial charge in [-0.05, 0) is 24.1 Å². The third kappa shape index (κ3) is 3.27. The zero-order valence-corrected chi connectivity index (χ0v) is 9.91. The number of nitrogen functional groups attached to an aromatic ring is 1. The summed E-state index contributed by atoms with van der Waals surface area (Å²) in [5.41, 5.74) is 5.57. The second-order valence-corrected chi connectivity index (χ2v) is 3.95. The van der Waals surface area contributed by atoms with Crippen LogP contribution in [0.15, 0.2) is 29.3 Å². The minimum atomic E-state index is -0.621. The molecule has 0 atom stereocenters. The van der Waals surface area contributed by atoms with Crippen LogP contribution in [0.4, 0.5) is 20.3 Å². The number of aromatic nitrogens is 2. The SMILES string of the molecule is Nc1c(NCCc2cc(F)cc(F)c2)nc[nH]c1=O. The molecule has 0 amide bonds. The summed E-state index contributed by atoms with van der Waals surface area (Å²) in [5.74, 6) is -0.992. The molecule has 2 aromatic rings. The molecule has 0 saturated carbocycles. The van der Waals surface area contributed by atoms with E-state index in [0.717, 1.165) is 6.07 Å². The van der Waals surface area contributed by atoms with E-state index >= 15 is 0 Å². The molecule has 0 saturated heterocycles. The number of hydrogen-bond donors (Lipinski definition) is 3. The van der Waals surface area contributed by atoms with Gasteiger partial charge in [-0.3, -0.25) is 4.79 Å². The summed E-state index contributed by atoms with van der Waals surface area (Å²) < 4.78 is 25.9. The monoisotopic (exact) mass is 266 g/mol. The Bertz CT molecular complexity index is 622. The van der Waals surface area contributed by atoms with E-state index in [1.54, 1.807) is 0 Å². The summed E-state index contributed by atoms with van der Waals surface area (Å²) in [6, 6.07) is 3.31. The Morgan fingerprint density at radius 3 is 2.63 bits per heavy atom. The van der Waals surface area contributed by atoms with Gasteiger partial charge in [0.15, 0.2) is 5.82 Å². The summed E-state index contributed by atoms with van der Waals surface area (Å²) in [7, 11) is 0. The zero-order valence-electron chi connectivity index (χ0n) is 9.91.